The van der Waals surface area contributed by atoms with Crippen molar-refractivity contribution in [1.29, 1.82) is 0 Å². The van der Waals surface area contributed by atoms with Crippen LogP contribution in [0.25, 0.3) is 0 Å². The van der Waals surface area contributed by atoms with E-state index in [2.05, 4.69) is 10.6 Å². The highest BCUT2D eigenvalue weighted by atomic mass is 35.5. The molecule has 0 radical (unpaired) electrons. The summed E-state index contributed by atoms with van der Waals surface area (Å²) in [5.74, 6) is -1.83. The number of piperazine rings is 1. The number of thiophene rings is 1. The molecule has 0 bridgehead atoms. The van der Waals surface area contributed by atoms with Crippen LogP contribution in [0.3, 0.4) is 0 Å². The Labute approximate surface area is 175 Å². The summed E-state index contributed by atoms with van der Waals surface area (Å²) < 4.78 is 0.470. The summed E-state index contributed by atoms with van der Waals surface area (Å²) in [4.78, 5) is 53.6. The zero-order chi connectivity index (χ0) is 20.5. The van der Waals surface area contributed by atoms with Crippen molar-refractivity contribution in [2.75, 3.05) is 38.0 Å². The summed E-state index contributed by atoms with van der Waals surface area (Å²) in [6.07, 6.45) is 0. The third-order valence-corrected chi connectivity index (χ3v) is 6.04. The van der Waals surface area contributed by atoms with Gasteiger partial charge >= 0.3 is 0 Å². The number of hydrogen-bond acceptors (Lipinski definition) is 6. The van der Waals surface area contributed by atoms with E-state index in [-0.39, 0.29) is 29.3 Å². The summed E-state index contributed by atoms with van der Waals surface area (Å²) in [5.41, 5.74) is 0.499. The molecule has 2 aromatic rings. The van der Waals surface area contributed by atoms with Crippen LogP contribution in [0.2, 0.25) is 4.34 Å². The number of amides is 4. The van der Waals surface area contributed by atoms with Crippen LogP contribution in [-0.2, 0) is 4.79 Å². The quantitative estimate of drug-likeness (QED) is 0.716. The summed E-state index contributed by atoms with van der Waals surface area (Å²) >= 11 is 6.98. The molecule has 0 unspecified atom stereocenters. The van der Waals surface area contributed by atoms with Gasteiger partial charge in [0.15, 0.2) is 0 Å². The number of anilines is 1. The molecule has 3 heterocycles. The topological polar surface area (TPSA) is 98.8 Å². The molecule has 29 heavy (non-hydrogen) atoms. The van der Waals surface area contributed by atoms with E-state index in [1.54, 1.807) is 29.2 Å². The number of benzene rings is 1. The lowest BCUT2D eigenvalue weighted by Crippen LogP contribution is -2.50. The van der Waals surface area contributed by atoms with Crippen LogP contribution in [0.4, 0.5) is 5.69 Å². The summed E-state index contributed by atoms with van der Waals surface area (Å²) in [5, 5.41) is 5.82. The Hall–Kier alpha value is -2.75. The highest BCUT2D eigenvalue weighted by molar-refractivity contribution is 7.18. The normalized spacial score (nSPS) is 16.2. The van der Waals surface area contributed by atoms with E-state index < -0.39 is 17.7 Å². The number of nitrogens with zero attached hydrogens (tertiary/aromatic N) is 2. The first kappa shape index (κ1) is 19.6. The second kappa shape index (κ2) is 7.94. The number of halogens is 1. The van der Waals surface area contributed by atoms with E-state index in [4.69, 9.17) is 11.6 Å². The predicted octanol–water partition coefficient (Wildman–Crippen LogP) is 1.68. The fraction of sp³-hybridized carbons (Fsp3) is 0.263. The minimum absolute atomic E-state index is 0.0987. The zero-order valence-corrected chi connectivity index (χ0v) is 16.8. The van der Waals surface area contributed by atoms with Gasteiger partial charge in [0, 0.05) is 26.2 Å². The maximum atomic E-state index is 12.9. The number of nitrogens with one attached hydrogen (secondary N) is 2. The Morgan fingerprint density at radius 3 is 2.55 bits per heavy atom. The maximum Gasteiger partial charge on any atom is 0.265 e. The van der Waals surface area contributed by atoms with E-state index >= 15 is 0 Å². The molecule has 4 amide bonds. The van der Waals surface area contributed by atoms with Crippen molar-refractivity contribution >= 4 is 52.3 Å². The van der Waals surface area contributed by atoms with Crippen molar-refractivity contribution in [3.63, 3.8) is 0 Å². The number of rotatable bonds is 4. The highest BCUT2D eigenvalue weighted by Crippen LogP contribution is 2.30. The lowest BCUT2D eigenvalue weighted by atomic mass is 10.1. The Morgan fingerprint density at radius 2 is 1.86 bits per heavy atom. The number of carbonyl (C=O) groups excluding carboxylic acids is 4. The van der Waals surface area contributed by atoms with Gasteiger partial charge in [-0.3, -0.25) is 24.1 Å². The standard InChI is InChI=1S/C19H17ClN4O4S/c20-14-5-4-13(29-14)17(26)22-12-3-1-2-11-16(12)19(28)24(18(11)27)10-15(25)23-8-6-21-7-9-23/h1-5,21H,6-10H2,(H,22,26). The van der Waals surface area contributed by atoms with Crippen molar-refractivity contribution in [2.45, 2.75) is 0 Å². The fourth-order valence-electron chi connectivity index (χ4n) is 3.35. The zero-order valence-electron chi connectivity index (χ0n) is 15.2. The van der Waals surface area contributed by atoms with Crippen LogP contribution < -0.4 is 10.6 Å². The molecule has 0 atom stereocenters. The molecule has 0 aliphatic carbocycles. The van der Waals surface area contributed by atoms with Gasteiger partial charge in [-0.05, 0) is 24.3 Å². The molecule has 150 valence electrons. The molecule has 2 aliphatic rings. The molecule has 4 rings (SSSR count). The van der Waals surface area contributed by atoms with Crippen molar-refractivity contribution in [1.82, 2.24) is 15.1 Å². The van der Waals surface area contributed by atoms with Gasteiger partial charge in [0.05, 0.1) is 26.0 Å². The monoisotopic (exact) mass is 432 g/mol. The SMILES string of the molecule is O=C(Nc1cccc2c1C(=O)N(CC(=O)N1CCNCC1)C2=O)c1ccc(Cl)s1. The number of hydrogen-bond donors (Lipinski definition) is 2. The molecule has 1 aromatic carbocycles. The minimum Gasteiger partial charge on any atom is -0.339 e. The smallest absolute Gasteiger partial charge is 0.265 e. The largest absolute Gasteiger partial charge is 0.339 e. The molecule has 2 N–H and O–H groups in total. The number of fused-ring (bicyclic) bond motifs is 1. The van der Waals surface area contributed by atoms with Crippen LogP contribution in [0.5, 0.6) is 0 Å². The van der Waals surface area contributed by atoms with E-state index in [0.717, 1.165) is 16.2 Å². The van der Waals surface area contributed by atoms with E-state index in [1.807, 2.05) is 0 Å². The van der Waals surface area contributed by atoms with Crippen LogP contribution in [-0.4, -0.2) is 66.2 Å². The van der Waals surface area contributed by atoms with Crippen molar-refractivity contribution < 1.29 is 19.2 Å². The summed E-state index contributed by atoms with van der Waals surface area (Å²) in [6.45, 7) is 2.10. The van der Waals surface area contributed by atoms with Gasteiger partial charge in [-0.2, -0.15) is 0 Å². The average molecular weight is 433 g/mol. The van der Waals surface area contributed by atoms with Gasteiger partial charge < -0.3 is 15.5 Å². The first-order valence-electron chi connectivity index (χ1n) is 9.00. The van der Waals surface area contributed by atoms with Gasteiger partial charge in [0.2, 0.25) is 5.91 Å². The first-order chi connectivity index (χ1) is 14.0. The molecule has 10 heteroatoms. The lowest BCUT2D eigenvalue weighted by Gasteiger charge is -2.28. The summed E-state index contributed by atoms with van der Waals surface area (Å²) in [6, 6.07) is 7.84. The van der Waals surface area contributed by atoms with E-state index in [0.29, 0.717) is 35.4 Å². The maximum absolute atomic E-state index is 12.9. The fourth-order valence-corrected chi connectivity index (χ4v) is 4.29. The second-order valence-electron chi connectivity index (χ2n) is 6.61. The number of imide groups is 1. The van der Waals surface area contributed by atoms with Crippen LogP contribution in [0.15, 0.2) is 30.3 Å². The minimum atomic E-state index is -0.589. The highest BCUT2D eigenvalue weighted by Gasteiger charge is 2.39. The Kier molecular flexibility index (Phi) is 5.35. The van der Waals surface area contributed by atoms with E-state index in [9.17, 15) is 19.2 Å². The third kappa shape index (κ3) is 3.76. The molecule has 1 saturated heterocycles. The van der Waals surface area contributed by atoms with Crippen molar-refractivity contribution in [2.24, 2.45) is 0 Å². The lowest BCUT2D eigenvalue weighted by molar-refractivity contribution is -0.132. The third-order valence-electron chi connectivity index (χ3n) is 4.81. The first-order valence-corrected chi connectivity index (χ1v) is 10.2. The molecule has 1 aromatic heterocycles. The van der Waals surface area contributed by atoms with Gasteiger partial charge in [0.25, 0.3) is 17.7 Å². The molecule has 1 fully saturated rings. The van der Waals surface area contributed by atoms with Crippen LogP contribution >= 0.6 is 22.9 Å². The molecular formula is C19H17ClN4O4S. The average Bonchev–Trinajstić information content (AvgIpc) is 3.26. The van der Waals surface area contributed by atoms with Crippen LogP contribution in [0, 0.1) is 0 Å². The Balaban J connectivity index is 1.55. The van der Waals surface area contributed by atoms with Gasteiger partial charge in [-0.1, -0.05) is 17.7 Å². The van der Waals surface area contributed by atoms with Gasteiger partial charge in [-0.25, -0.2) is 0 Å². The van der Waals surface area contributed by atoms with Gasteiger partial charge in [0.1, 0.15) is 6.54 Å². The Bertz CT molecular complexity index is 1020. The van der Waals surface area contributed by atoms with Crippen LogP contribution in [0.1, 0.15) is 30.4 Å². The van der Waals surface area contributed by atoms with Crippen molar-refractivity contribution in [3.8, 4) is 0 Å². The second-order valence-corrected chi connectivity index (χ2v) is 8.33. The molecule has 8 nitrogen and oxygen atoms in total. The predicted molar refractivity (Wildman–Crippen MR) is 109 cm³/mol. The molecular weight excluding hydrogens is 416 g/mol. The van der Waals surface area contributed by atoms with Crippen molar-refractivity contribution in [3.05, 3.63) is 50.7 Å². The van der Waals surface area contributed by atoms with E-state index in [1.165, 1.54) is 6.07 Å². The van der Waals surface area contributed by atoms with Gasteiger partial charge in [-0.15, -0.1) is 11.3 Å². The Morgan fingerprint density at radius 1 is 1.10 bits per heavy atom. The molecule has 0 spiro atoms. The molecule has 2 aliphatic heterocycles. The number of carbonyl (C=O) groups is 4. The molecule has 0 saturated carbocycles. The summed E-state index contributed by atoms with van der Waals surface area (Å²) in [7, 11) is 0.